The summed E-state index contributed by atoms with van der Waals surface area (Å²) in [6.45, 7) is 2.60. The first-order valence-electron chi connectivity index (χ1n) is 18.6. The maximum atomic E-state index is 12.9. The number of nitrogens with zero attached hydrogens (tertiary/aromatic N) is 5. The van der Waals surface area contributed by atoms with Gasteiger partial charge in [-0.3, -0.25) is 29.3 Å². The Morgan fingerprint density at radius 3 is 2.59 bits per heavy atom. The van der Waals surface area contributed by atoms with Crippen LogP contribution in [0.25, 0.3) is 10.9 Å². The first-order chi connectivity index (χ1) is 27.1. The van der Waals surface area contributed by atoms with Crippen molar-refractivity contribution in [2.24, 2.45) is 7.05 Å². The highest BCUT2D eigenvalue weighted by Crippen LogP contribution is 2.31. The van der Waals surface area contributed by atoms with E-state index in [-0.39, 0.29) is 48.2 Å². The lowest BCUT2D eigenvalue weighted by atomic mass is 10.0. The molecule has 2 saturated heterocycles. The molecule has 4 amide bonds. The molecule has 0 bridgehead atoms. The normalized spacial score (nSPS) is 17.2. The van der Waals surface area contributed by atoms with Crippen molar-refractivity contribution in [1.29, 1.82) is 0 Å². The zero-order chi connectivity index (χ0) is 39.3. The van der Waals surface area contributed by atoms with Gasteiger partial charge in [-0.05, 0) is 80.1 Å². The summed E-state index contributed by atoms with van der Waals surface area (Å²) >= 11 is 6.51. The lowest BCUT2D eigenvalue weighted by Crippen LogP contribution is -2.52. The van der Waals surface area contributed by atoms with E-state index in [1.54, 1.807) is 31.4 Å². The zero-order valence-electron chi connectivity index (χ0n) is 31.1. The second-order valence-electron chi connectivity index (χ2n) is 13.9. The van der Waals surface area contributed by atoms with Crippen molar-refractivity contribution in [1.82, 2.24) is 30.1 Å². The van der Waals surface area contributed by atoms with E-state index in [1.807, 2.05) is 24.3 Å². The number of halogens is 1. The van der Waals surface area contributed by atoms with Crippen LogP contribution in [-0.2, 0) is 32.7 Å². The van der Waals surface area contributed by atoms with Crippen LogP contribution in [0, 0.1) is 0 Å². The van der Waals surface area contributed by atoms with Crippen LogP contribution in [0.2, 0.25) is 5.02 Å². The number of anilines is 3. The molecule has 4 aromatic rings. The number of aryl methyl sites for hydroxylation is 1. The minimum atomic E-state index is -0.644. The van der Waals surface area contributed by atoms with Crippen molar-refractivity contribution in [3.8, 4) is 11.5 Å². The van der Waals surface area contributed by atoms with Crippen LogP contribution < -0.4 is 35.9 Å². The van der Waals surface area contributed by atoms with Crippen LogP contribution >= 0.6 is 11.6 Å². The molecule has 3 aliphatic heterocycles. The quantitative estimate of drug-likeness (QED) is 0.125. The monoisotopic (exact) mass is 786 g/mol. The maximum absolute atomic E-state index is 12.9. The first-order valence-corrected chi connectivity index (χ1v) is 19.0. The molecule has 2 aromatic carbocycles. The number of nitrogens with one attached hydrogen (secondary N) is 3. The number of rotatable bonds is 14. The molecule has 2 aromatic heterocycles. The van der Waals surface area contributed by atoms with Crippen LogP contribution in [0.3, 0.4) is 0 Å². The molecule has 16 nitrogen and oxygen atoms in total. The molecular formula is C39H43ClN8O8. The minimum absolute atomic E-state index is 0.0691. The Bertz CT molecular complexity index is 2220. The van der Waals surface area contributed by atoms with E-state index in [0.717, 1.165) is 49.7 Å². The Hall–Kier alpha value is -5.74. The standard InChI is InChI=1S/C39H43ClN8O8/c1-41-34(50)22-56-32-19-23-17-25(5-8-30(23)46(2)38(32)53)43-35-29(40)20-42-39(45-35)47-13-11-26(12-14-47)54-15-3-4-16-55-27-6-7-28-24(18-27)21-48(37(28)52)31-9-10-33(49)44-36(31)51/h5-8,17-20,26,31H,3-4,9-16,21-22H2,1-2H3,(H,41,50)(H,42,43,45)(H,44,49,51). The number of hydrogen-bond donors (Lipinski definition) is 3. The third kappa shape index (κ3) is 8.55. The average molecular weight is 787 g/mol. The Labute approximate surface area is 327 Å². The molecule has 294 valence electrons. The van der Waals surface area contributed by atoms with Crippen molar-refractivity contribution in [2.75, 3.05) is 50.2 Å². The van der Waals surface area contributed by atoms with Gasteiger partial charge in [-0.15, -0.1) is 0 Å². The van der Waals surface area contributed by atoms with Gasteiger partial charge in [0, 0.05) is 63.4 Å². The number of fused-ring (bicyclic) bond motifs is 2. The van der Waals surface area contributed by atoms with Crippen molar-refractivity contribution in [3.63, 3.8) is 0 Å². The van der Waals surface area contributed by atoms with E-state index in [2.05, 4.69) is 25.8 Å². The highest BCUT2D eigenvalue weighted by molar-refractivity contribution is 6.33. The molecule has 7 rings (SSSR count). The number of pyridine rings is 1. The van der Waals surface area contributed by atoms with Crippen molar-refractivity contribution >= 4 is 63.6 Å². The molecule has 0 radical (unpaired) electrons. The van der Waals surface area contributed by atoms with E-state index >= 15 is 0 Å². The smallest absolute Gasteiger partial charge is 0.293 e. The van der Waals surface area contributed by atoms with Gasteiger partial charge < -0.3 is 39.2 Å². The van der Waals surface area contributed by atoms with Crippen LogP contribution in [0.15, 0.2) is 53.5 Å². The van der Waals surface area contributed by atoms with Crippen LogP contribution in [0.4, 0.5) is 17.5 Å². The van der Waals surface area contributed by atoms with Gasteiger partial charge in [-0.2, -0.15) is 4.98 Å². The molecular weight excluding hydrogens is 744 g/mol. The topological polar surface area (TPSA) is 186 Å². The van der Waals surface area contributed by atoms with Crippen LogP contribution in [0.5, 0.6) is 11.5 Å². The van der Waals surface area contributed by atoms with Gasteiger partial charge in [0.2, 0.25) is 17.8 Å². The van der Waals surface area contributed by atoms with Crippen molar-refractivity contribution in [3.05, 3.63) is 75.2 Å². The Morgan fingerprint density at radius 1 is 1.00 bits per heavy atom. The number of aromatic nitrogens is 3. The Kier molecular flexibility index (Phi) is 11.7. The fraction of sp³-hybridized carbons (Fsp3) is 0.410. The van der Waals surface area contributed by atoms with Gasteiger partial charge in [-0.25, -0.2) is 4.98 Å². The van der Waals surface area contributed by atoms with Crippen molar-refractivity contribution in [2.45, 2.75) is 57.2 Å². The predicted molar refractivity (Wildman–Crippen MR) is 207 cm³/mol. The molecule has 56 heavy (non-hydrogen) atoms. The number of imide groups is 1. The van der Waals surface area contributed by atoms with Gasteiger partial charge in [-0.1, -0.05) is 11.6 Å². The minimum Gasteiger partial charge on any atom is -0.494 e. The largest absolute Gasteiger partial charge is 0.494 e. The molecule has 3 aliphatic rings. The van der Waals surface area contributed by atoms with E-state index in [0.29, 0.717) is 65.5 Å². The molecule has 1 atom stereocenters. The summed E-state index contributed by atoms with van der Waals surface area (Å²) in [5, 5.41) is 9.15. The fourth-order valence-electron chi connectivity index (χ4n) is 7.09. The highest BCUT2D eigenvalue weighted by atomic mass is 35.5. The van der Waals surface area contributed by atoms with Gasteiger partial charge in [0.15, 0.2) is 18.2 Å². The molecule has 3 N–H and O–H groups in total. The number of ether oxygens (including phenoxy) is 3. The van der Waals surface area contributed by atoms with Crippen molar-refractivity contribution < 1.29 is 33.4 Å². The van der Waals surface area contributed by atoms with Crippen LogP contribution in [0.1, 0.15) is 54.4 Å². The van der Waals surface area contributed by atoms with E-state index in [9.17, 15) is 24.0 Å². The molecule has 5 heterocycles. The second-order valence-corrected chi connectivity index (χ2v) is 14.3. The predicted octanol–water partition coefficient (Wildman–Crippen LogP) is 3.46. The second kappa shape index (κ2) is 17.0. The summed E-state index contributed by atoms with van der Waals surface area (Å²) in [5.41, 5.74) is 2.41. The van der Waals surface area contributed by atoms with Gasteiger partial charge in [0.1, 0.15) is 16.8 Å². The summed E-state index contributed by atoms with van der Waals surface area (Å²) in [7, 11) is 3.15. The third-order valence-corrected chi connectivity index (χ3v) is 10.5. The lowest BCUT2D eigenvalue weighted by Gasteiger charge is -2.32. The first kappa shape index (κ1) is 38.5. The van der Waals surface area contributed by atoms with E-state index < -0.39 is 11.9 Å². The molecule has 17 heteroatoms. The fourth-order valence-corrected chi connectivity index (χ4v) is 7.23. The van der Waals surface area contributed by atoms with E-state index in [4.69, 9.17) is 30.8 Å². The SMILES string of the molecule is CNC(=O)COc1cc2cc(Nc3nc(N4CCC(OCCCCOc5ccc6c(c5)CN(C5CCC(=O)NC5=O)C6=O)CC4)ncc3Cl)ccc2n(C)c1=O. The third-order valence-electron chi connectivity index (χ3n) is 10.2. The molecule has 0 saturated carbocycles. The Morgan fingerprint density at radius 2 is 1.80 bits per heavy atom. The highest BCUT2D eigenvalue weighted by Gasteiger charge is 2.39. The van der Waals surface area contributed by atoms with Gasteiger partial charge >= 0.3 is 0 Å². The number of hydrogen-bond acceptors (Lipinski definition) is 12. The number of piperidine rings is 2. The number of unbranched alkanes of at least 4 members (excludes halogenated alkanes) is 1. The summed E-state index contributed by atoms with van der Waals surface area (Å²) in [6, 6.07) is 11.8. The maximum Gasteiger partial charge on any atom is 0.293 e. The molecule has 2 fully saturated rings. The molecule has 0 aliphatic carbocycles. The van der Waals surface area contributed by atoms with E-state index in [1.165, 1.54) is 16.5 Å². The Balaban J connectivity index is 0.849. The summed E-state index contributed by atoms with van der Waals surface area (Å²) in [5.74, 6) is 0.457. The summed E-state index contributed by atoms with van der Waals surface area (Å²) in [6.07, 6.45) is 5.52. The zero-order valence-corrected chi connectivity index (χ0v) is 31.9. The van der Waals surface area contributed by atoms with Gasteiger partial charge in [0.05, 0.1) is 24.4 Å². The van der Waals surface area contributed by atoms with Crippen LogP contribution in [-0.4, -0.2) is 95.2 Å². The number of carbonyl (C=O) groups is 4. The number of likely N-dealkylation sites (N-methyl/N-ethyl adjacent to an activating group) is 1. The number of amides is 4. The average Bonchev–Trinajstić information content (AvgIpc) is 3.52. The summed E-state index contributed by atoms with van der Waals surface area (Å²) < 4.78 is 19.1. The summed E-state index contributed by atoms with van der Waals surface area (Å²) in [4.78, 5) is 74.0. The number of carbonyl (C=O) groups excluding carboxylic acids is 4. The lowest BCUT2D eigenvalue weighted by molar-refractivity contribution is -0.137. The van der Waals surface area contributed by atoms with Gasteiger partial charge in [0.25, 0.3) is 17.4 Å². The molecule has 0 spiro atoms. The molecule has 1 unspecified atom stereocenters. The number of benzene rings is 2.